The number of nitriles is 1. The van der Waals surface area contributed by atoms with E-state index in [0.717, 1.165) is 5.56 Å². The number of halogens is 4. The molecule has 10 heteroatoms. The maximum Gasteiger partial charge on any atom is 0.387 e. The van der Waals surface area contributed by atoms with Crippen LogP contribution in [0.15, 0.2) is 54.7 Å². The van der Waals surface area contributed by atoms with E-state index in [1.54, 1.807) is 42.5 Å². The highest BCUT2D eigenvalue weighted by molar-refractivity contribution is 6.30. The zero-order chi connectivity index (χ0) is 26.5. The number of imidazole rings is 1. The van der Waals surface area contributed by atoms with Crippen LogP contribution in [0.25, 0.3) is 16.8 Å². The summed E-state index contributed by atoms with van der Waals surface area (Å²) in [7, 11) is 0. The first-order chi connectivity index (χ1) is 17.6. The fourth-order valence-corrected chi connectivity index (χ4v) is 4.64. The van der Waals surface area contributed by atoms with Crippen LogP contribution in [0, 0.1) is 17.1 Å². The molecule has 0 amide bonds. The molecule has 0 spiro atoms. The Balaban J connectivity index is 1.67. The molecule has 4 aromatic rings. The van der Waals surface area contributed by atoms with Gasteiger partial charge in [0.25, 0.3) is 0 Å². The normalized spacial score (nSPS) is 17.6. The Bertz CT molecular complexity index is 1530. The van der Waals surface area contributed by atoms with Crippen molar-refractivity contribution >= 4 is 17.2 Å². The van der Waals surface area contributed by atoms with E-state index < -0.39 is 30.1 Å². The number of aliphatic hydroxyl groups is 1. The number of rotatable bonds is 5. The van der Waals surface area contributed by atoms with Crippen LogP contribution in [0.3, 0.4) is 0 Å². The third-order valence-corrected chi connectivity index (χ3v) is 6.66. The maximum atomic E-state index is 15.2. The Kier molecular flexibility index (Phi) is 6.36. The number of alkyl halides is 2. The first-order valence-corrected chi connectivity index (χ1v) is 11.7. The van der Waals surface area contributed by atoms with Crippen LogP contribution in [0.2, 0.25) is 5.02 Å². The molecule has 37 heavy (non-hydrogen) atoms. The molecule has 0 saturated heterocycles. The van der Waals surface area contributed by atoms with Gasteiger partial charge in [-0.3, -0.25) is 4.40 Å². The van der Waals surface area contributed by atoms with Gasteiger partial charge in [0.15, 0.2) is 0 Å². The molecule has 190 valence electrons. The predicted molar refractivity (Wildman–Crippen MR) is 130 cm³/mol. The first kappa shape index (κ1) is 25.1. The van der Waals surface area contributed by atoms with E-state index in [0.29, 0.717) is 11.3 Å². The molecule has 1 aliphatic heterocycles. The van der Waals surface area contributed by atoms with Gasteiger partial charge in [0.05, 0.1) is 29.5 Å². The molecule has 0 fully saturated rings. The van der Waals surface area contributed by atoms with E-state index in [9.17, 15) is 19.1 Å². The van der Waals surface area contributed by atoms with Gasteiger partial charge >= 0.3 is 6.61 Å². The van der Waals surface area contributed by atoms with Crippen molar-refractivity contribution in [3.8, 4) is 22.9 Å². The molecule has 0 radical (unpaired) electrons. The van der Waals surface area contributed by atoms with Crippen LogP contribution in [-0.2, 0) is 10.2 Å². The van der Waals surface area contributed by atoms with E-state index in [1.807, 2.05) is 0 Å². The Morgan fingerprint density at radius 2 is 1.95 bits per heavy atom. The van der Waals surface area contributed by atoms with Crippen LogP contribution in [0.4, 0.5) is 13.2 Å². The van der Waals surface area contributed by atoms with Crippen molar-refractivity contribution in [1.82, 2.24) is 9.38 Å². The van der Waals surface area contributed by atoms with Gasteiger partial charge in [-0.05, 0) is 43.2 Å². The highest BCUT2D eigenvalue weighted by Gasteiger charge is 2.35. The fourth-order valence-electron chi connectivity index (χ4n) is 4.46. The molecule has 6 nitrogen and oxygen atoms in total. The van der Waals surface area contributed by atoms with Crippen molar-refractivity contribution in [2.75, 3.05) is 6.61 Å². The second-order valence-electron chi connectivity index (χ2n) is 9.25. The molecule has 1 N–H and O–H groups in total. The number of hydrogen-bond donors (Lipinski definition) is 1. The number of fused-ring (bicyclic) bond motifs is 3. The Morgan fingerprint density at radius 3 is 2.62 bits per heavy atom. The summed E-state index contributed by atoms with van der Waals surface area (Å²) in [6, 6.07) is 14.6. The second-order valence-corrected chi connectivity index (χ2v) is 9.69. The summed E-state index contributed by atoms with van der Waals surface area (Å²) >= 11 is 6.16. The second kappa shape index (κ2) is 9.38. The van der Waals surface area contributed by atoms with Gasteiger partial charge in [0.1, 0.15) is 29.4 Å². The zero-order valence-electron chi connectivity index (χ0n) is 19.8. The lowest BCUT2D eigenvalue weighted by Gasteiger charge is -2.28. The van der Waals surface area contributed by atoms with Crippen molar-refractivity contribution < 1.29 is 27.8 Å². The summed E-state index contributed by atoms with van der Waals surface area (Å²) in [5, 5.41) is 20.3. The number of nitrogens with zero attached hydrogens (tertiary/aromatic N) is 3. The van der Waals surface area contributed by atoms with Crippen LogP contribution < -0.4 is 4.74 Å². The molecular weight excluding hydrogens is 507 g/mol. The third kappa shape index (κ3) is 4.53. The zero-order valence-corrected chi connectivity index (χ0v) is 20.5. The molecule has 1 aliphatic rings. The minimum atomic E-state index is -3.08. The fraction of sp³-hybridized carbons (Fsp3) is 0.259. The van der Waals surface area contributed by atoms with Gasteiger partial charge in [0, 0.05) is 28.4 Å². The number of aromatic nitrogens is 2. The Morgan fingerprint density at radius 1 is 1.22 bits per heavy atom. The Hall–Kier alpha value is -3.58. The van der Waals surface area contributed by atoms with E-state index in [2.05, 4.69) is 11.1 Å². The largest absolute Gasteiger partial charge is 0.434 e. The number of pyridine rings is 1. The quantitative estimate of drug-likeness (QED) is 0.327. The van der Waals surface area contributed by atoms with Crippen LogP contribution in [0.5, 0.6) is 5.75 Å². The standard InChI is InChI=1S/C27H21ClF3N3O3/c1-27(2,13-32)15-5-3-14(4-6-15)18-11-34-22(10-19(18)29)33-23-20(35)12-36-25(24(23)34)17-9-16(28)7-8-21(17)37-26(30)31/h3-11,20,25-26,35H,12H2,1-2H3/t20-,25-/m1/s1. The highest BCUT2D eigenvalue weighted by atomic mass is 35.5. The molecule has 0 saturated carbocycles. The molecule has 2 aromatic carbocycles. The first-order valence-electron chi connectivity index (χ1n) is 11.4. The Labute approximate surface area is 215 Å². The van der Waals surface area contributed by atoms with Gasteiger partial charge in [-0.15, -0.1) is 0 Å². The maximum absolute atomic E-state index is 15.2. The molecule has 0 unspecified atom stereocenters. The topological polar surface area (TPSA) is 79.8 Å². The summed E-state index contributed by atoms with van der Waals surface area (Å²) in [6.45, 7) is 0.345. The molecule has 3 heterocycles. The van der Waals surface area contributed by atoms with Crippen molar-refractivity contribution in [2.45, 2.75) is 38.1 Å². The highest BCUT2D eigenvalue weighted by Crippen LogP contribution is 2.42. The van der Waals surface area contributed by atoms with Crippen LogP contribution in [-0.4, -0.2) is 27.7 Å². The summed E-state index contributed by atoms with van der Waals surface area (Å²) in [4.78, 5) is 4.41. The van der Waals surface area contributed by atoms with E-state index in [1.165, 1.54) is 30.5 Å². The third-order valence-electron chi connectivity index (χ3n) is 6.43. The molecular formula is C27H21ClF3N3O3. The van der Waals surface area contributed by atoms with Crippen molar-refractivity contribution in [3.05, 3.63) is 88.1 Å². The smallest absolute Gasteiger partial charge is 0.387 e. The monoisotopic (exact) mass is 527 g/mol. The molecule has 5 rings (SSSR count). The number of benzene rings is 2. The lowest BCUT2D eigenvalue weighted by atomic mass is 9.85. The SMILES string of the molecule is CC(C)(C#N)c1ccc(-c2cn3c4c(nc3cc2F)[C@H](O)CO[C@@H]4c2cc(Cl)ccc2OC(F)F)cc1. The van der Waals surface area contributed by atoms with E-state index in [-0.39, 0.29) is 39.8 Å². The van der Waals surface area contributed by atoms with Crippen LogP contribution in [0.1, 0.15) is 48.6 Å². The van der Waals surface area contributed by atoms with Crippen molar-refractivity contribution in [2.24, 2.45) is 0 Å². The average Bonchev–Trinajstić information content (AvgIpc) is 3.24. The van der Waals surface area contributed by atoms with Gasteiger partial charge in [-0.25, -0.2) is 9.37 Å². The average molecular weight is 528 g/mol. The van der Waals surface area contributed by atoms with Crippen LogP contribution >= 0.6 is 11.6 Å². The minimum Gasteiger partial charge on any atom is -0.434 e. The summed E-state index contributed by atoms with van der Waals surface area (Å²) in [5.74, 6) is -0.682. The summed E-state index contributed by atoms with van der Waals surface area (Å²) < 4.78 is 53.6. The number of hydrogen-bond acceptors (Lipinski definition) is 5. The molecule has 0 aliphatic carbocycles. The minimum absolute atomic E-state index is 0.139. The van der Waals surface area contributed by atoms with Crippen molar-refractivity contribution in [3.63, 3.8) is 0 Å². The number of aliphatic hydroxyl groups excluding tert-OH is 1. The lowest BCUT2D eigenvalue weighted by molar-refractivity contribution is -0.0548. The van der Waals surface area contributed by atoms with Gasteiger partial charge in [-0.2, -0.15) is 14.0 Å². The number of ether oxygens (including phenoxy) is 2. The van der Waals surface area contributed by atoms with E-state index >= 15 is 4.39 Å². The lowest BCUT2D eigenvalue weighted by Crippen LogP contribution is -2.23. The van der Waals surface area contributed by atoms with Gasteiger partial charge in [0.2, 0.25) is 0 Å². The summed E-state index contributed by atoms with van der Waals surface area (Å²) in [5.41, 5.74) is 1.88. The predicted octanol–water partition coefficient (Wildman–Crippen LogP) is 6.35. The van der Waals surface area contributed by atoms with E-state index in [4.69, 9.17) is 21.1 Å². The summed E-state index contributed by atoms with van der Waals surface area (Å²) in [6.07, 6.45) is -0.560. The molecule has 2 atom stereocenters. The van der Waals surface area contributed by atoms with Crippen molar-refractivity contribution in [1.29, 1.82) is 5.26 Å². The van der Waals surface area contributed by atoms with Gasteiger partial charge < -0.3 is 14.6 Å². The molecule has 2 aromatic heterocycles. The van der Waals surface area contributed by atoms with Gasteiger partial charge in [-0.1, -0.05) is 35.9 Å². The molecule has 0 bridgehead atoms.